The minimum atomic E-state index is -1.02. The second-order valence-corrected chi connectivity index (χ2v) is 6.82. The molecule has 2 aliphatic carbocycles. The molecule has 0 spiro atoms. The first-order valence-corrected chi connectivity index (χ1v) is 8.28. The Morgan fingerprint density at radius 2 is 2.12 bits per heavy atom. The molecular weight excluding hydrogens is 308 g/mol. The molecule has 1 aromatic rings. The lowest BCUT2D eigenvalue weighted by Gasteiger charge is -2.15. The highest BCUT2D eigenvalue weighted by Crippen LogP contribution is 2.66. The molecule has 24 heavy (non-hydrogen) atoms. The van der Waals surface area contributed by atoms with E-state index in [1.807, 2.05) is 0 Å². The Morgan fingerprint density at radius 1 is 1.38 bits per heavy atom. The summed E-state index contributed by atoms with van der Waals surface area (Å²) in [7, 11) is 0. The summed E-state index contributed by atoms with van der Waals surface area (Å²) in [5.74, 6) is 0.101. The van der Waals surface area contributed by atoms with Gasteiger partial charge in [0.25, 0.3) is 0 Å². The van der Waals surface area contributed by atoms with Gasteiger partial charge in [0.15, 0.2) is 6.61 Å². The van der Waals surface area contributed by atoms with E-state index in [0.29, 0.717) is 11.7 Å². The molecule has 0 bridgehead atoms. The molecule has 2 aliphatic rings. The quantitative estimate of drug-likeness (QED) is 0.619. The number of fused-ring (bicyclic) bond motifs is 1. The van der Waals surface area contributed by atoms with E-state index in [1.54, 1.807) is 30.5 Å². The van der Waals surface area contributed by atoms with Crippen molar-refractivity contribution < 1.29 is 19.4 Å². The van der Waals surface area contributed by atoms with Crippen LogP contribution in [-0.2, 0) is 9.59 Å². The predicted molar refractivity (Wildman–Crippen MR) is 88.9 cm³/mol. The van der Waals surface area contributed by atoms with E-state index in [0.717, 1.165) is 18.4 Å². The second-order valence-electron chi connectivity index (χ2n) is 6.82. The van der Waals surface area contributed by atoms with Crippen molar-refractivity contribution in [2.45, 2.75) is 32.6 Å². The average Bonchev–Trinajstić information content (AvgIpc) is 3.19. The molecule has 2 fully saturated rings. The molecule has 3 atom stereocenters. The topological polar surface area (TPSA) is 88.0 Å². The largest absolute Gasteiger partial charge is 0.482 e. The molecule has 0 aliphatic heterocycles. The van der Waals surface area contributed by atoms with Gasteiger partial charge in [0.05, 0.1) is 6.21 Å². The first-order chi connectivity index (χ1) is 11.5. The number of aliphatic carboxylic acids is 1. The lowest BCUT2D eigenvalue weighted by Crippen LogP contribution is -2.22. The third kappa shape index (κ3) is 3.42. The van der Waals surface area contributed by atoms with Gasteiger partial charge in [-0.1, -0.05) is 19.8 Å². The van der Waals surface area contributed by atoms with E-state index < -0.39 is 5.97 Å². The third-order valence-corrected chi connectivity index (χ3v) is 5.24. The Bertz CT molecular complexity index is 655. The fraction of sp³-hybridized carbons (Fsp3) is 0.500. The van der Waals surface area contributed by atoms with Crippen LogP contribution in [0.1, 0.15) is 38.2 Å². The number of ether oxygens (including phenoxy) is 1. The standard InChI is InChI=1S/C18H22N2O4/c1-18-9-3-2-4-14(18)16(18)17(23)20-19-10-12-5-7-13(8-6-12)24-11-15(21)22/h5-8,10,14,16H,2-4,9,11H2,1H3,(H,20,23)(H,21,22)/b19-10-/t14-,16-,18+/m1/s1. The highest BCUT2D eigenvalue weighted by atomic mass is 16.5. The molecule has 0 aromatic heterocycles. The van der Waals surface area contributed by atoms with Gasteiger partial charge in [0.2, 0.25) is 5.91 Å². The molecule has 0 saturated heterocycles. The van der Waals surface area contributed by atoms with E-state index in [-0.39, 0.29) is 23.8 Å². The SMILES string of the molecule is C[C@]12CCCC[C@@H]1[C@@H]2C(=O)N/N=C\c1ccc(OCC(=O)O)cc1. The molecule has 1 amide bonds. The maximum absolute atomic E-state index is 12.3. The van der Waals surface area contributed by atoms with Gasteiger partial charge in [-0.3, -0.25) is 4.79 Å². The first kappa shape index (κ1) is 16.5. The summed E-state index contributed by atoms with van der Waals surface area (Å²) in [6, 6.07) is 6.85. The zero-order valence-electron chi connectivity index (χ0n) is 13.7. The number of carbonyl (C=O) groups is 2. The number of benzene rings is 1. The smallest absolute Gasteiger partial charge is 0.341 e. The summed E-state index contributed by atoms with van der Waals surface area (Å²) in [6.07, 6.45) is 6.31. The highest BCUT2D eigenvalue weighted by Gasteiger charge is 2.64. The molecule has 1 aromatic carbocycles. The number of hydrazone groups is 1. The Morgan fingerprint density at radius 3 is 2.75 bits per heavy atom. The van der Waals surface area contributed by atoms with Crippen LogP contribution >= 0.6 is 0 Å². The minimum absolute atomic E-state index is 0.0158. The van der Waals surface area contributed by atoms with Gasteiger partial charge in [-0.2, -0.15) is 5.10 Å². The van der Waals surface area contributed by atoms with Gasteiger partial charge < -0.3 is 9.84 Å². The number of amides is 1. The number of rotatable bonds is 6. The lowest BCUT2D eigenvalue weighted by atomic mass is 9.90. The monoisotopic (exact) mass is 330 g/mol. The number of carboxylic acid groups (broad SMARTS) is 1. The molecule has 6 nitrogen and oxygen atoms in total. The molecule has 0 radical (unpaired) electrons. The van der Waals surface area contributed by atoms with Crippen LogP contribution in [0.25, 0.3) is 0 Å². The van der Waals surface area contributed by atoms with Gasteiger partial charge in [-0.15, -0.1) is 0 Å². The van der Waals surface area contributed by atoms with Crippen LogP contribution in [0.4, 0.5) is 0 Å². The molecule has 0 heterocycles. The molecule has 3 rings (SSSR count). The van der Waals surface area contributed by atoms with Crippen LogP contribution in [-0.4, -0.2) is 29.8 Å². The maximum Gasteiger partial charge on any atom is 0.341 e. The van der Waals surface area contributed by atoms with Gasteiger partial charge in [-0.05, 0) is 54.0 Å². The minimum Gasteiger partial charge on any atom is -0.482 e. The van der Waals surface area contributed by atoms with Crippen LogP contribution in [0, 0.1) is 17.3 Å². The summed E-state index contributed by atoms with van der Waals surface area (Å²) in [5.41, 5.74) is 3.64. The van der Waals surface area contributed by atoms with Gasteiger partial charge in [0.1, 0.15) is 5.75 Å². The van der Waals surface area contributed by atoms with Gasteiger partial charge in [0, 0.05) is 5.92 Å². The Kier molecular flexibility index (Phi) is 4.55. The summed E-state index contributed by atoms with van der Waals surface area (Å²) in [5, 5.41) is 12.6. The summed E-state index contributed by atoms with van der Waals surface area (Å²) in [4.78, 5) is 22.7. The summed E-state index contributed by atoms with van der Waals surface area (Å²) >= 11 is 0. The number of carbonyl (C=O) groups excluding carboxylic acids is 1. The Hall–Kier alpha value is -2.37. The van der Waals surface area contributed by atoms with E-state index >= 15 is 0 Å². The van der Waals surface area contributed by atoms with E-state index in [2.05, 4.69) is 17.5 Å². The summed E-state index contributed by atoms with van der Waals surface area (Å²) in [6.45, 7) is 1.84. The zero-order chi connectivity index (χ0) is 17.2. The normalized spacial score (nSPS) is 28.2. The van der Waals surface area contributed by atoms with E-state index in [4.69, 9.17) is 9.84 Å². The van der Waals surface area contributed by atoms with Crippen molar-refractivity contribution in [2.75, 3.05) is 6.61 Å². The Labute approximate surface area is 140 Å². The second kappa shape index (κ2) is 6.63. The lowest BCUT2D eigenvalue weighted by molar-refractivity contribution is -0.139. The molecule has 128 valence electrons. The van der Waals surface area contributed by atoms with Crippen LogP contribution in [0.3, 0.4) is 0 Å². The number of nitrogens with zero attached hydrogens (tertiary/aromatic N) is 1. The highest BCUT2D eigenvalue weighted by molar-refractivity contribution is 5.86. The van der Waals surface area contributed by atoms with Crippen molar-refractivity contribution in [3.63, 3.8) is 0 Å². The number of hydrogen-bond donors (Lipinski definition) is 2. The van der Waals surface area contributed by atoms with Crippen LogP contribution in [0.2, 0.25) is 0 Å². The van der Waals surface area contributed by atoms with Crippen molar-refractivity contribution in [3.8, 4) is 5.75 Å². The van der Waals surface area contributed by atoms with Crippen LogP contribution < -0.4 is 10.2 Å². The third-order valence-electron chi connectivity index (χ3n) is 5.24. The fourth-order valence-electron chi connectivity index (χ4n) is 3.89. The number of hydrogen-bond acceptors (Lipinski definition) is 4. The molecular formula is C18H22N2O4. The molecule has 2 N–H and O–H groups in total. The van der Waals surface area contributed by atoms with Crippen molar-refractivity contribution in [2.24, 2.45) is 22.4 Å². The van der Waals surface area contributed by atoms with Crippen LogP contribution in [0.15, 0.2) is 29.4 Å². The van der Waals surface area contributed by atoms with E-state index in [9.17, 15) is 9.59 Å². The predicted octanol–water partition coefficient (Wildman–Crippen LogP) is 2.43. The number of carboxylic acids is 1. The number of nitrogens with one attached hydrogen (secondary N) is 1. The van der Waals surface area contributed by atoms with E-state index in [1.165, 1.54) is 12.8 Å². The zero-order valence-corrected chi connectivity index (χ0v) is 13.7. The fourth-order valence-corrected chi connectivity index (χ4v) is 3.89. The van der Waals surface area contributed by atoms with Crippen molar-refractivity contribution in [1.29, 1.82) is 0 Å². The van der Waals surface area contributed by atoms with Crippen LogP contribution in [0.5, 0.6) is 5.75 Å². The van der Waals surface area contributed by atoms with Crippen molar-refractivity contribution in [3.05, 3.63) is 29.8 Å². The first-order valence-electron chi connectivity index (χ1n) is 8.28. The Balaban J connectivity index is 1.49. The summed E-state index contributed by atoms with van der Waals surface area (Å²) < 4.78 is 5.06. The van der Waals surface area contributed by atoms with Crippen molar-refractivity contribution >= 4 is 18.1 Å². The average molecular weight is 330 g/mol. The van der Waals surface area contributed by atoms with Gasteiger partial charge in [-0.25, -0.2) is 10.2 Å². The molecule has 0 unspecified atom stereocenters. The van der Waals surface area contributed by atoms with Crippen molar-refractivity contribution in [1.82, 2.24) is 5.43 Å². The molecule has 2 saturated carbocycles. The molecule has 6 heteroatoms. The maximum atomic E-state index is 12.3. The van der Waals surface area contributed by atoms with Gasteiger partial charge >= 0.3 is 5.97 Å².